The number of rotatable bonds is 3. The number of anilines is 1. The molecule has 0 aromatic heterocycles. The molecule has 0 fully saturated rings. The van der Waals surface area contributed by atoms with Crippen LogP contribution in [0.3, 0.4) is 0 Å². The van der Waals surface area contributed by atoms with Crippen molar-refractivity contribution in [3.8, 4) is 17.2 Å². The number of nitrogens with two attached hydrogens (primary N) is 1. The predicted octanol–water partition coefficient (Wildman–Crippen LogP) is 3.96. The second kappa shape index (κ2) is 5.09. The molecule has 3 nitrogen and oxygen atoms in total. The Morgan fingerprint density at radius 2 is 1.32 bits per heavy atom. The van der Waals surface area contributed by atoms with E-state index in [1.54, 1.807) is 24.3 Å². The van der Waals surface area contributed by atoms with E-state index in [1.165, 1.54) is 24.3 Å². The molecule has 0 radical (unpaired) electrons. The lowest BCUT2D eigenvalue weighted by Crippen LogP contribution is -2.17. The van der Waals surface area contributed by atoms with Gasteiger partial charge in [0.1, 0.15) is 0 Å². The van der Waals surface area contributed by atoms with Gasteiger partial charge in [-0.05, 0) is 24.3 Å². The molecule has 2 rings (SSSR count). The van der Waals surface area contributed by atoms with Crippen LogP contribution < -0.4 is 15.2 Å². The first-order valence-corrected chi connectivity index (χ1v) is 5.33. The van der Waals surface area contributed by atoms with Gasteiger partial charge in [-0.3, -0.25) is 0 Å². The average Bonchev–Trinajstić information content (AvgIpc) is 2.33. The molecule has 0 saturated carbocycles. The summed E-state index contributed by atoms with van der Waals surface area (Å²) < 4.78 is 45.9. The Balaban J connectivity index is 2.28. The second-order valence-corrected chi connectivity index (χ2v) is 3.63. The monoisotopic (exact) mass is 269 g/mol. The summed E-state index contributed by atoms with van der Waals surface area (Å²) in [6, 6.07) is 12.0. The molecule has 0 aliphatic rings. The van der Waals surface area contributed by atoms with Gasteiger partial charge in [0.15, 0.2) is 17.2 Å². The van der Waals surface area contributed by atoms with Crippen LogP contribution in [-0.2, 0) is 0 Å². The fourth-order valence-corrected chi connectivity index (χ4v) is 1.44. The summed E-state index contributed by atoms with van der Waals surface area (Å²) in [6.07, 6.45) is -4.78. The fourth-order valence-electron chi connectivity index (χ4n) is 1.44. The van der Waals surface area contributed by atoms with Crippen LogP contribution in [0.25, 0.3) is 0 Å². The van der Waals surface area contributed by atoms with Crippen molar-refractivity contribution in [1.29, 1.82) is 0 Å². The number of benzene rings is 2. The molecule has 0 unspecified atom stereocenters. The topological polar surface area (TPSA) is 44.5 Å². The molecule has 0 aliphatic heterocycles. The molecule has 0 aliphatic carbocycles. The Bertz CT molecular complexity index is 570. The quantitative estimate of drug-likeness (QED) is 0.858. The molecule has 0 bridgehead atoms. The number of hydrogen-bond donors (Lipinski definition) is 1. The van der Waals surface area contributed by atoms with Crippen molar-refractivity contribution in [3.63, 3.8) is 0 Å². The molecular formula is C13H10F3NO2. The maximum absolute atomic E-state index is 12.2. The van der Waals surface area contributed by atoms with E-state index >= 15 is 0 Å². The van der Waals surface area contributed by atoms with E-state index in [4.69, 9.17) is 10.5 Å². The zero-order valence-corrected chi connectivity index (χ0v) is 9.65. The van der Waals surface area contributed by atoms with Gasteiger partial charge in [-0.15, -0.1) is 13.2 Å². The summed E-state index contributed by atoms with van der Waals surface area (Å²) in [6.45, 7) is 0. The van der Waals surface area contributed by atoms with Crippen LogP contribution in [0.15, 0.2) is 48.5 Å². The van der Waals surface area contributed by atoms with Crippen LogP contribution in [0, 0.1) is 0 Å². The average molecular weight is 269 g/mol. The first-order chi connectivity index (χ1) is 8.96. The maximum atomic E-state index is 12.2. The summed E-state index contributed by atoms with van der Waals surface area (Å²) in [5.41, 5.74) is 5.98. The Hall–Kier alpha value is -2.37. The SMILES string of the molecule is Nc1ccccc1Oc1ccccc1OC(F)(F)F. The normalized spacial score (nSPS) is 11.1. The molecule has 0 heterocycles. The highest BCUT2D eigenvalue weighted by molar-refractivity contribution is 5.55. The van der Waals surface area contributed by atoms with Gasteiger partial charge in [-0.1, -0.05) is 24.3 Å². The number of ether oxygens (including phenoxy) is 2. The van der Waals surface area contributed by atoms with Gasteiger partial charge in [-0.25, -0.2) is 0 Å². The lowest BCUT2D eigenvalue weighted by molar-refractivity contribution is -0.275. The number of nitrogen functional groups attached to an aromatic ring is 1. The highest BCUT2D eigenvalue weighted by Crippen LogP contribution is 2.36. The fraction of sp³-hybridized carbons (Fsp3) is 0.0769. The molecule has 2 aromatic rings. The van der Waals surface area contributed by atoms with Crippen molar-refractivity contribution in [2.45, 2.75) is 6.36 Å². The summed E-state index contributed by atoms with van der Waals surface area (Å²) in [5, 5.41) is 0. The van der Waals surface area contributed by atoms with E-state index < -0.39 is 12.1 Å². The largest absolute Gasteiger partial charge is 0.573 e. The van der Waals surface area contributed by atoms with Gasteiger partial charge >= 0.3 is 6.36 Å². The standard InChI is InChI=1S/C13H10F3NO2/c14-13(15,16)19-12-8-4-3-7-11(12)18-10-6-2-1-5-9(10)17/h1-8H,17H2. The first-order valence-electron chi connectivity index (χ1n) is 5.33. The first kappa shape index (κ1) is 13.1. The highest BCUT2D eigenvalue weighted by Gasteiger charge is 2.32. The number of para-hydroxylation sites is 4. The number of alkyl halides is 3. The van der Waals surface area contributed by atoms with Crippen molar-refractivity contribution >= 4 is 5.69 Å². The maximum Gasteiger partial charge on any atom is 0.573 e. The van der Waals surface area contributed by atoms with Crippen molar-refractivity contribution < 1.29 is 22.6 Å². The summed E-state index contributed by atoms with van der Waals surface area (Å²) in [7, 11) is 0. The Labute approximate surface area is 107 Å². The van der Waals surface area contributed by atoms with E-state index in [0.717, 1.165) is 0 Å². The zero-order chi connectivity index (χ0) is 13.9. The summed E-state index contributed by atoms with van der Waals surface area (Å²) in [5.74, 6) is -0.211. The molecule has 0 saturated heterocycles. The third kappa shape index (κ3) is 3.54. The van der Waals surface area contributed by atoms with E-state index in [0.29, 0.717) is 5.69 Å². The minimum Gasteiger partial charge on any atom is -0.451 e. The molecular weight excluding hydrogens is 259 g/mol. The van der Waals surface area contributed by atoms with Gasteiger partial charge < -0.3 is 15.2 Å². The van der Waals surface area contributed by atoms with Crippen molar-refractivity contribution in [2.75, 3.05) is 5.73 Å². The van der Waals surface area contributed by atoms with Crippen LogP contribution in [0.1, 0.15) is 0 Å². The number of halogens is 3. The third-order valence-electron chi connectivity index (χ3n) is 2.21. The van der Waals surface area contributed by atoms with Gasteiger partial charge in [-0.2, -0.15) is 0 Å². The van der Waals surface area contributed by atoms with E-state index in [9.17, 15) is 13.2 Å². The van der Waals surface area contributed by atoms with E-state index in [-0.39, 0.29) is 11.5 Å². The Kier molecular flexibility index (Phi) is 3.50. The third-order valence-corrected chi connectivity index (χ3v) is 2.21. The van der Waals surface area contributed by atoms with Gasteiger partial charge in [0.2, 0.25) is 0 Å². The van der Waals surface area contributed by atoms with Crippen molar-refractivity contribution in [1.82, 2.24) is 0 Å². The number of hydrogen-bond acceptors (Lipinski definition) is 3. The smallest absolute Gasteiger partial charge is 0.451 e. The van der Waals surface area contributed by atoms with E-state index in [1.807, 2.05) is 0 Å². The van der Waals surface area contributed by atoms with Gasteiger partial charge in [0.05, 0.1) is 5.69 Å². The molecule has 0 spiro atoms. The predicted molar refractivity (Wildman–Crippen MR) is 64.1 cm³/mol. The molecule has 6 heteroatoms. The van der Waals surface area contributed by atoms with Crippen molar-refractivity contribution in [3.05, 3.63) is 48.5 Å². The lowest BCUT2D eigenvalue weighted by atomic mass is 10.3. The minimum absolute atomic E-state index is 0.0577. The minimum atomic E-state index is -4.78. The van der Waals surface area contributed by atoms with Crippen molar-refractivity contribution in [2.24, 2.45) is 0 Å². The molecule has 2 N–H and O–H groups in total. The van der Waals surface area contributed by atoms with Crippen LogP contribution >= 0.6 is 0 Å². The molecule has 100 valence electrons. The zero-order valence-electron chi connectivity index (χ0n) is 9.65. The summed E-state index contributed by atoms with van der Waals surface area (Å²) >= 11 is 0. The Morgan fingerprint density at radius 3 is 1.89 bits per heavy atom. The van der Waals surface area contributed by atoms with E-state index in [2.05, 4.69) is 4.74 Å². The second-order valence-electron chi connectivity index (χ2n) is 3.63. The molecule has 0 amide bonds. The van der Waals surface area contributed by atoms with Crippen LogP contribution in [0.4, 0.5) is 18.9 Å². The molecule has 19 heavy (non-hydrogen) atoms. The van der Waals surface area contributed by atoms with Crippen LogP contribution in [-0.4, -0.2) is 6.36 Å². The van der Waals surface area contributed by atoms with Crippen LogP contribution in [0.5, 0.6) is 17.2 Å². The molecule has 0 atom stereocenters. The van der Waals surface area contributed by atoms with Crippen LogP contribution in [0.2, 0.25) is 0 Å². The highest BCUT2D eigenvalue weighted by atomic mass is 19.4. The van der Waals surface area contributed by atoms with Gasteiger partial charge in [0.25, 0.3) is 0 Å². The van der Waals surface area contributed by atoms with Gasteiger partial charge in [0, 0.05) is 0 Å². The molecule has 2 aromatic carbocycles. The lowest BCUT2D eigenvalue weighted by Gasteiger charge is -2.14. The Morgan fingerprint density at radius 1 is 0.789 bits per heavy atom. The summed E-state index contributed by atoms with van der Waals surface area (Å²) in [4.78, 5) is 0.